The van der Waals surface area contributed by atoms with Crippen molar-refractivity contribution in [3.63, 3.8) is 0 Å². The van der Waals surface area contributed by atoms with E-state index in [4.69, 9.17) is 15.2 Å². The van der Waals surface area contributed by atoms with E-state index in [0.717, 1.165) is 17.5 Å². The Morgan fingerprint density at radius 1 is 1.28 bits per heavy atom. The van der Waals surface area contributed by atoms with Crippen LogP contribution in [0.15, 0.2) is 48.5 Å². The monoisotopic (exact) mass is 398 g/mol. The van der Waals surface area contributed by atoms with Gasteiger partial charge in [-0.1, -0.05) is 36.4 Å². The topological polar surface area (TPSA) is 64.8 Å². The number of carbonyl (C=O) groups excluding carboxylic acids is 1. The lowest BCUT2D eigenvalue weighted by atomic mass is 9.86. The third kappa shape index (κ3) is 4.06. The number of amides is 1. The summed E-state index contributed by atoms with van der Waals surface area (Å²) in [6, 6.07) is 14.3. The summed E-state index contributed by atoms with van der Waals surface area (Å²) in [6.07, 6.45) is 1.50. The van der Waals surface area contributed by atoms with E-state index in [2.05, 4.69) is 6.07 Å². The Bertz CT molecular complexity index is 863. The lowest BCUT2D eigenvalue weighted by molar-refractivity contribution is -0.152. The Kier molecular flexibility index (Phi) is 5.67. The molecule has 2 aromatic carbocycles. The molecule has 29 heavy (non-hydrogen) atoms. The van der Waals surface area contributed by atoms with Crippen molar-refractivity contribution in [2.24, 2.45) is 5.73 Å². The van der Waals surface area contributed by atoms with Crippen LogP contribution in [0.2, 0.25) is 0 Å². The fourth-order valence-corrected chi connectivity index (χ4v) is 4.43. The third-order valence-corrected chi connectivity index (χ3v) is 5.94. The van der Waals surface area contributed by atoms with Gasteiger partial charge in [-0.3, -0.25) is 4.79 Å². The lowest BCUT2D eigenvalue weighted by Gasteiger charge is -2.42. The van der Waals surface area contributed by atoms with Crippen LogP contribution in [0.5, 0.6) is 0 Å². The Balaban J connectivity index is 1.60. The van der Waals surface area contributed by atoms with E-state index >= 15 is 0 Å². The maximum Gasteiger partial charge on any atom is 0.252 e. The highest BCUT2D eigenvalue weighted by atomic mass is 19.1. The molecule has 1 fully saturated rings. The smallest absolute Gasteiger partial charge is 0.252 e. The van der Waals surface area contributed by atoms with Gasteiger partial charge in [0.1, 0.15) is 11.9 Å². The summed E-state index contributed by atoms with van der Waals surface area (Å²) in [6.45, 7) is 1.30. The summed E-state index contributed by atoms with van der Waals surface area (Å²) < 4.78 is 24.6. The molecule has 3 atom stereocenters. The second-order valence-corrected chi connectivity index (χ2v) is 8.07. The van der Waals surface area contributed by atoms with E-state index in [1.165, 1.54) is 17.7 Å². The van der Waals surface area contributed by atoms with Crippen molar-refractivity contribution in [2.75, 3.05) is 26.9 Å². The minimum absolute atomic E-state index is 0.0340. The van der Waals surface area contributed by atoms with Crippen LogP contribution < -0.4 is 5.73 Å². The van der Waals surface area contributed by atoms with Crippen molar-refractivity contribution >= 4 is 5.91 Å². The highest BCUT2D eigenvalue weighted by Crippen LogP contribution is 2.36. The van der Waals surface area contributed by atoms with Crippen molar-refractivity contribution in [3.8, 4) is 0 Å². The first-order valence-corrected chi connectivity index (χ1v) is 10.0. The van der Waals surface area contributed by atoms with Gasteiger partial charge in [-0.05, 0) is 48.1 Å². The normalized spacial score (nSPS) is 26.8. The number of nitrogens with zero attached hydrogens (tertiary/aromatic N) is 1. The molecule has 5 nitrogen and oxygen atoms in total. The lowest BCUT2D eigenvalue weighted by Crippen LogP contribution is -2.56. The summed E-state index contributed by atoms with van der Waals surface area (Å²) in [5.41, 5.74) is 8.95. The summed E-state index contributed by atoms with van der Waals surface area (Å²) in [5.74, 6) is -0.322. The molecule has 0 saturated carbocycles. The van der Waals surface area contributed by atoms with Gasteiger partial charge >= 0.3 is 0 Å². The Hall–Kier alpha value is -2.28. The summed E-state index contributed by atoms with van der Waals surface area (Å²) in [7, 11) is 1.62. The van der Waals surface area contributed by atoms with Crippen LogP contribution in [0, 0.1) is 5.82 Å². The van der Waals surface area contributed by atoms with Crippen molar-refractivity contribution < 1.29 is 18.7 Å². The zero-order chi connectivity index (χ0) is 20.4. The fraction of sp³-hybridized carbons (Fsp3) is 0.435. The highest BCUT2D eigenvalue weighted by molar-refractivity contribution is 5.82. The molecule has 0 unspecified atom stereocenters. The molecule has 2 aliphatic rings. The van der Waals surface area contributed by atoms with Gasteiger partial charge in [0.05, 0.1) is 24.8 Å². The first kappa shape index (κ1) is 20.0. The van der Waals surface area contributed by atoms with Crippen molar-refractivity contribution in [2.45, 2.75) is 36.9 Å². The zero-order valence-corrected chi connectivity index (χ0v) is 16.6. The molecule has 0 spiro atoms. The van der Waals surface area contributed by atoms with E-state index < -0.39 is 11.6 Å². The molecule has 1 saturated heterocycles. The van der Waals surface area contributed by atoms with Gasteiger partial charge in [0.2, 0.25) is 0 Å². The van der Waals surface area contributed by atoms with E-state index in [-0.39, 0.29) is 17.8 Å². The minimum atomic E-state index is -0.545. The number of hydrogen-bond donors (Lipinski definition) is 1. The summed E-state index contributed by atoms with van der Waals surface area (Å²) >= 11 is 0. The largest absolute Gasteiger partial charge is 0.383 e. The quantitative estimate of drug-likeness (QED) is 0.860. The molecule has 2 heterocycles. The van der Waals surface area contributed by atoms with E-state index in [9.17, 15) is 9.18 Å². The molecule has 0 radical (unpaired) electrons. The van der Waals surface area contributed by atoms with Crippen LogP contribution in [-0.2, 0) is 20.7 Å². The first-order valence-electron chi connectivity index (χ1n) is 10.0. The Morgan fingerprint density at radius 3 is 2.72 bits per heavy atom. The van der Waals surface area contributed by atoms with Crippen LogP contribution in [-0.4, -0.2) is 49.3 Å². The van der Waals surface area contributed by atoms with E-state index in [1.54, 1.807) is 19.2 Å². The number of nitrogens with two attached hydrogens (primary N) is 1. The molecule has 0 aromatic heterocycles. The van der Waals surface area contributed by atoms with Gasteiger partial charge in [0, 0.05) is 13.7 Å². The molecule has 0 bridgehead atoms. The van der Waals surface area contributed by atoms with Gasteiger partial charge in [0.15, 0.2) is 0 Å². The Morgan fingerprint density at radius 2 is 2.03 bits per heavy atom. The molecule has 1 amide bonds. The van der Waals surface area contributed by atoms with E-state index in [0.29, 0.717) is 32.6 Å². The van der Waals surface area contributed by atoms with Crippen LogP contribution in [0.25, 0.3) is 0 Å². The molecular weight excluding hydrogens is 371 g/mol. The number of fused-ring (bicyclic) bond motifs is 1. The number of ether oxygens (including phenoxy) is 2. The van der Waals surface area contributed by atoms with Gasteiger partial charge in [-0.25, -0.2) is 4.39 Å². The maximum absolute atomic E-state index is 13.5. The predicted molar refractivity (Wildman–Crippen MR) is 108 cm³/mol. The van der Waals surface area contributed by atoms with Crippen LogP contribution in [0.3, 0.4) is 0 Å². The molecule has 6 heteroatoms. The SMILES string of the molecule is COC[C@]1(N)CC[C@H](C(=O)N2CCc3ccccc3[C@@H]2c2ccc(F)cc2)OC1. The molecule has 4 rings (SSSR count). The van der Waals surface area contributed by atoms with Crippen molar-refractivity contribution in [1.29, 1.82) is 0 Å². The standard InChI is InChI=1S/C23H27FN2O3/c1-28-14-23(25)12-10-20(29-15-23)22(27)26-13-11-16-4-2-3-5-19(16)21(26)17-6-8-18(24)9-7-17/h2-9,20-21H,10-15,25H2,1H3/t20-,21+,23-/m1/s1. The molecule has 2 aliphatic heterocycles. The zero-order valence-electron chi connectivity index (χ0n) is 16.6. The molecule has 2 aromatic rings. The number of carbonyl (C=O) groups is 1. The predicted octanol–water partition coefficient (Wildman–Crippen LogP) is 2.82. The van der Waals surface area contributed by atoms with Gasteiger partial charge in [-0.2, -0.15) is 0 Å². The van der Waals surface area contributed by atoms with Crippen molar-refractivity contribution in [1.82, 2.24) is 4.90 Å². The van der Waals surface area contributed by atoms with Crippen LogP contribution in [0.1, 0.15) is 35.6 Å². The number of rotatable bonds is 4. The second kappa shape index (κ2) is 8.22. The minimum Gasteiger partial charge on any atom is -0.383 e. The maximum atomic E-state index is 13.5. The molecular formula is C23H27FN2O3. The van der Waals surface area contributed by atoms with Crippen molar-refractivity contribution in [3.05, 3.63) is 71.0 Å². The summed E-state index contributed by atoms with van der Waals surface area (Å²) in [4.78, 5) is 15.3. The summed E-state index contributed by atoms with van der Waals surface area (Å²) in [5, 5.41) is 0. The number of benzene rings is 2. The third-order valence-electron chi connectivity index (χ3n) is 5.94. The number of methoxy groups -OCH3 is 1. The highest BCUT2D eigenvalue weighted by Gasteiger charge is 2.40. The molecule has 2 N–H and O–H groups in total. The van der Waals surface area contributed by atoms with Crippen LogP contribution in [0.4, 0.5) is 4.39 Å². The average Bonchev–Trinajstić information content (AvgIpc) is 2.74. The number of halogens is 1. The fourth-order valence-electron chi connectivity index (χ4n) is 4.43. The Labute approximate surface area is 170 Å². The van der Waals surface area contributed by atoms with E-state index in [1.807, 2.05) is 23.1 Å². The number of hydrogen-bond acceptors (Lipinski definition) is 4. The van der Waals surface area contributed by atoms with Crippen LogP contribution >= 0.6 is 0 Å². The first-order chi connectivity index (χ1) is 14.0. The molecule has 154 valence electrons. The van der Waals surface area contributed by atoms with Gasteiger partial charge in [0.25, 0.3) is 5.91 Å². The molecule has 0 aliphatic carbocycles. The van der Waals surface area contributed by atoms with Gasteiger partial charge < -0.3 is 20.1 Å². The second-order valence-electron chi connectivity index (χ2n) is 8.07. The average molecular weight is 398 g/mol. The van der Waals surface area contributed by atoms with Gasteiger partial charge in [-0.15, -0.1) is 0 Å².